The molecule has 3 aromatic heterocycles. The number of nitrogens with zero attached hydrogens (tertiary/aromatic N) is 1. The Morgan fingerprint density at radius 1 is 1.05 bits per heavy atom. The molecule has 6 rings (SSSR count). The number of thiophene rings is 1. The molecule has 1 fully saturated rings. The minimum atomic E-state index is -3.90. The van der Waals surface area contributed by atoms with Crippen LogP contribution in [0.2, 0.25) is 0 Å². The van der Waals surface area contributed by atoms with E-state index in [0.717, 1.165) is 43.4 Å². The largest absolute Gasteiger partial charge is 0.506 e. The molecule has 3 heterocycles. The maximum atomic E-state index is 13.2. The third kappa shape index (κ3) is 5.04. The van der Waals surface area contributed by atoms with Crippen LogP contribution >= 0.6 is 11.3 Å². The number of ketones is 1. The van der Waals surface area contributed by atoms with Crippen LogP contribution in [0.25, 0.3) is 10.6 Å². The Balaban J connectivity index is 1.35. The molecule has 0 bridgehead atoms. The number of aromatic hydroxyl groups is 1. The molecule has 202 valence electrons. The second-order valence-electron chi connectivity index (χ2n) is 9.98. The predicted octanol–water partition coefficient (Wildman–Crippen LogP) is 5.70. The minimum Gasteiger partial charge on any atom is -0.506 e. The molecule has 0 radical (unpaired) electrons. The summed E-state index contributed by atoms with van der Waals surface area (Å²) in [5.41, 5.74) is 1.06. The Morgan fingerprint density at radius 2 is 1.87 bits per heavy atom. The van der Waals surface area contributed by atoms with Gasteiger partial charge in [0.05, 0.1) is 16.0 Å². The van der Waals surface area contributed by atoms with E-state index in [9.17, 15) is 23.1 Å². The minimum absolute atomic E-state index is 0.0645. The van der Waals surface area contributed by atoms with Crippen molar-refractivity contribution in [3.63, 3.8) is 0 Å². The number of aromatic nitrogens is 1. The molecule has 39 heavy (non-hydrogen) atoms. The third-order valence-electron chi connectivity index (χ3n) is 7.23. The molecule has 2 aliphatic rings. The fourth-order valence-corrected chi connectivity index (χ4v) is 7.56. The number of rotatable bonds is 7. The quantitative estimate of drug-likeness (QED) is 0.290. The lowest BCUT2D eigenvalue weighted by Crippen LogP contribution is -2.21. The van der Waals surface area contributed by atoms with E-state index < -0.39 is 21.6 Å². The van der Waals surface area contributed by atoms with Crippen molar-refractivity contribution in [1.82, 2.24) is 5.16 Å². The number of fused-ring (bicyclic) bond motifs is 1. The topological polar surface area (TPSA) is 140 Å². The highest BCUT2D eigenvalue weighted by molar-refractivity contribution is 7.94. The van der Waals surface area contributed by atoms with E-state index in [0.29, 0.717) is 34.7 Å². The first-order valence-electron chi connectivity index (χ1n) is 12.9. The monoisotopic (exact) mass is 566 g/mol. The molecular weight excluding hydrogens is 540 g/mol. The number of carbonyl (C=O) groups is 1. The summed E-state index contributed by atoms with van der Waals surface area (Å²) in [5.74, 6) is -0.730. The van der Waals surface area contributed by atoms with Crippen molar-refractivity contribution in [1.29, 1.82) is 0 Å². The van der Waals surface area contributed by atoms with E-state index in [2.05, 4.69) is 9.88 Å². The second-order valence-corrected chi connectivity index (χ2v) is 13.0. The van der Waals surface area contributed by atoms with Gasteiger partial charge >= 0.3 is 5.63 Å². The van der Waals surface area contributed by atoms with Crippen molar-refractivity contribution in [2.75, 3.05) is 4.72 Å². The summed E-state index contributed by atoms with van der Waals surface area (Å²) in [6.07, 6.45) is 6.18. The van der Waals surface area contributed by atoms with Gasteiger partial charge in [-0.2, -0.15) is 0 Å². The van der Waals surface area contributed by atoms with Crippen LogP contribution in [-0.4, -0.2) is 24.5 Å². The standard InChI is InChI=1S/C28H26N2O7S2/c31-20-7-2-1-3-8-21-25(20)27(32)26(28(33)37-21)24(16-9-10-16)17-5-4-6-18(15-17)30-39(34,35)23-12-11-22(38-23)19-13-14-36-29-19/h4-6,11-16,24,30,32H,1-3,7-10H2. The smallest absolute Gasteiger partial charge is 0.343 e. The Bertz CT molecular complexity index is 1700. The lowest BCUT2D eigenvalue weighted by molar-refractivity contribution is 0.0968. The van der Waals surface area contributed by atoms with Crippen molar-refractivity contribution in [3.05, 3.63) is 81.6 Å². The van der Waals surface area contributed by atoms with E-state index in [1.165, 1.54) is 12.3 Å². The number of sulfonamides is 1. The Kier molecular flexibility index (Phi) is 6.64. The fourth-order valence-electron chi connectivity index (χ4n) is 5.24. The molecule has 2 N–H and O–H groups in total. The Hall–Kier alpha value is -3.70. The zero-order valence-corrected chi connectivity index (χ0v) is 22.5. The van der Waals surface area contributed by atoms with Crippen molar-refractivity contribution < 1.29 is 27.3 Å². The van der Waals surface area contributed by atoms with Crippen molar-refractivity contribution >= 4 is 32.8 Å². The van der Waals surface area contributed by atoms with Gasteiger partial charge in [0.25, 0.3) is 10.0 Å². The number of aryl methyl sites for hydroxylation is 1. The van der Waals surface area contributed by atoms with E-state index in [1.54, 1.807) is 36.4 Å². The molecule has 11 heteroatoms. The summed E-state index contributed by atoms with van der Waals surface area (Å²) < 4.78 is 39.5. The molecule has 0 amide bonds. The van der Waals surface area contributed by atoms with Crippen molar-refractivity contribution in [2.45, 2.75) is 55.1 Å². The highest BCUT2D eigenvalue weighted by Crippen LogP contribution is 2.49. The third-order valence-corrected chi connectivity index (χ3v) is 10.2. The lowest BCUT2D eigenvalue weighted by atomic mass is 9.85. The summed E-state index contributed by atoms with van der Waals surface area (Å²) in [4.78, 5) is 26.8. The Labute approximate surface area is 228 Å². The summed E-state index contributed by atoms with van der Waals surface area (Å²) in [6.45, 7) is 0. The van der Waals surface area contributed by atoms with Crippen LogP contribution in [0.15, 0.2) is 66.7 Å². The molecule has 9 nitrogen and oxygen atoms in total. The van der Waals surface area contributed by atoms with Gasteiger partial charge in [-0.3, -0.25) is 9.52 Å². The maximum absolute atomic E-state index is 13.2. The highest BCUT2D eigenvalue weighted by atomic mass is 32.2. The summed E-state index contributed by atoms with van der Waals surface area (Å²) in [5, 5.41) is 15.1. The number of carbonyl (C=O) groups excluding carboxylic acids is 1. The molecule has 0 aliphatic heterocycles. The zero-order chi connectivity index (χ0) is 27.1. The second kappa shape index (κ2) is 10.1. The van der Waals surface area contributed by atoms with Gasteiger partial charge < -0.3 is 14.0 Å². The first-order valence-corrected chi connectivity index (χ1v) is 15.2. The van der Waals surface area contributed by atoms with Crippen molar-refractivity contribution in [3.8, 4) is 16.3 Å². The average Bonchev–Trinajstić information content (AvgIpc) is 3.34. The number of nitrogens with one attached hydrogen (secondary N) is 1. The average molecular weight is 567 g/mol. The number of benzene rings is 1. The van der Waals surface area contributed by atoms with Gasteiger partial charge in [0.2, 0.25) is 0 Å². The maximum Gasteiger partial charge on any atom is 0.343 e. The van der Waals surface area contributed by atoms with E-state index in [-0.39, 0.29) is 38.5 Å². The van der Waals surface area contributed by atoms with Crippen molar-refractivity contribution in [2.24, 2.45) is 5.92 Å². The van der Waals surface area contributed by atoms with Gasteiger partial charge in [-0.15, -0.1) is 11.3 Å². The van der Waals surface area contributed by atoms with E-state index in [1.807, 2.05) is 0 Å². The van der Waals surface area contributed by atoms with Crippen LogP contribution in [-0.2, 0) is 16.4 Å². The molecule has 2 aliphatic carbocycles. The molecule has 1 atom stereocenters. The van der Waals surface area contributed by atoms with Gasteiger partial charge in [0, 0.05) is 30.5 Å². The number of anilines is 1. The summed E-state index contributed by atoms with van der Waals surface area (Å²) in [7, 11) is -3.90. The van der Waals surface area contributed by atoms with Crippen LogP contribution in [0.5, 0.6) is 5.75 Å². The Morgan fingerprint density at radius 3 is 2.64 bits per heavy atom. The van der Waals surface area contributed by atoms with Gasteiger partial charge in [-0.05, 0) is 61.4 Å². The van der Waals surface area contributed by atoms with Crippen LogP contribution in [0.1, 0.15) is 71.7 Å². The predicted molar refractivity (Wildman–Crippen MR) is 145 cm³/mol. The first kappa shape index (κ1) is 25.6. The van der Waals surface area contributed by atoms with Gasteiger partial charge in [-0.1, -0.05) is 23.7 Å². The van der Waals surface area contributed by atoms with E-state index >= 15 is 0 Å². The highest BCUT2D eigenvalue weighted by Gasteiger charge is 2.39. The van der Waals surface area contributed by atoms with Crippen LogP contribution in [0.3, 0.4) is 0 Å². The van der Waals surface area contributed by atoms with Crippen LogP contribution in [0.4, 0.5) is 5.69 Å². The molecule has 0 saturated heterocycles. The van der Waals surface area contributed by atoms with Crippen LogP contribution < -0.4 is 10.3 Å². The number of hydrogen-bond acceptors (Lipinski definition) is 9. The lowest BCUT2D eigenvalue weighted by Gasteiger charge is -2.21. The molecule has 1 unspecified atom stereocenters. The van der Waals surface area contributed by atoms with Crippen LogP contribution in [0, 0.1) is 5.92 Å². The number of hydrogen-bond donors (Lipinski definition) is 2. The normalized spacial score (nSPS) is 16.8. The first-order chi connectivity index (χ1) is 18.8. The summed E-state index contributed by atoms with van der Waals surface area (Å²) in [6, 6.07) is 11.6. The zero-order valence-electron chi connectivity index (χ0n) is 20.9. The molecule has 0 spiro atoms. The number of Topliss-reactive ketones (excluding diaryl/α,β-unsaturated/α-hetero) is 1. The fraction of sp³-hybridized carbons (Fsp3) is 0.321. The molecule has 4 aromatic rings. The molecular formula is C28H26N2O7S2. The van der Waals surface area contributed by atoms with Gasteiger partial charge in [-0.25, -0.2) is 13.2 Å². The molecule has 1 aromatic carbocycles. The van der Waals surface area contributed by atoms with Gasteiger partial charge in [0.1, 0.15) is 27.7 Å². The SMILES string of the molecule is O=C1CCCCCc2oc(=O)c(C(c3cccc(NS(=O)(=O)c4ccc(-c5ccon5)s4)c3)C3CC3)c(O)c21. The van der Waals surface area contributed by atoms with Gasteiger partial charge in [0.15, 0.2) is 5.78 Å². The molecule has 1 saturated carbocycles. The van der Waals surface area contributed by atoms with E-state index in [4.69, 9.17) is 8.94 Å². The summed E-state index contributed by atoms with van der Waals surface area (Å²) >= 11 is 1.07.